The first-order valence-electron chi connectivity index (χ1n) is 5.89. The third-order valence-corrected chi connectivity index (χ3v) is 3.31. The van der Waals surface area contributed by atoms with Crippen molar-refractivity contribution < 1.29 is 4.79 Å². The molecule has 0 spiro atoms. The van der Waals surface area contributed by atoms with Crippen LogP contribution in [0.4, 0.5) is 0 Å². The number of carbonyl (C=O) groups is 1. The van der Waals surface area contributed by atoms with Gasteiger partial charge in [0.1, 0.15) is 0 Å². The molecular weight excluding hydrogens is 236 g/mol. The highest BCUT2D eigenvalue weighted by Gasteiger charge is 2.16. The third kappa shape index (κ3) is 3.28. The minimum Gasteiger partial charge on any atom is -0.314 e. The monoisotopic (exact) mass is 252 g/mol. The largest absolute Gasteiger partial charge is 0.314 e. The average Bonchev–Trinajstić information content (AvgIpc) is 2.33. The van der Waals surface area contributed by atoms with Crippen molar-refractivity contribution in [2.24, 2.45) is 0 Å². The smallest absolute Gasteiger partial charge is 0.177 e. The quantitative estimate of drug-likeness (QED) is 0.832. The molecule has 1 heterocycles. The Kier molecular flexibility index (Phi) is 4.15. The number of ketones is 1. The van der Waals surface area contributed by atoms with E-state index in [9.17, 15) is 4.79 Å². The van der Waals surface area contributed by atoms with Crippen LogP contribution in [0.3, 0.4) is 0 Å². The molecule has 1 aliphatic heterocycles. The van der Waals surface area contributed by atoms with E-state index < -0.39 is 0 Å². The molecule has 1 aliphatic rings. The number of hydrogen-bond donors (Lipinski definition) is 1. The van der Waals surface area contributed by atoms with Gasteiger partial charge in [-0.3, -0.25) is 9.69 Å². The maximum absolute atomic E-state index is 12.2. The predicted octanol–water partition coefficient (Wildman–Crippen LogP) is 1.74. The summed E-state index contributed by atoms with van der Waals surface area (Å²) < 4.78 is 0. The molecule has 0 radical (unpaired) electrons. The van der Waals surface area contributed by atoms with Crippen LogP contribution in [0.5, 0.6) is 0 Å². The summed E-state index contributed by atoms with van der Waals surface area (Å²) in [6.07, 6.45) is 0. The molecule has 3 nitrogen and oxygen atoms in total. The van der Waals surface area contributed by atoms with Crippen molar-refractivity contribution in [3.8, 4) is 0 Å². The number of rotatable bonds is 3. The fourth-order valence-electron chi connectivity index (χ4n) is 2.05. The number of aryl methyl sites for hydroxylation is 1. The zero-order valence-corrected chi connectivity index (χ0v) is 10.8. The number of piperazine rings is 1. The van der Waals surface area contributed by atoms with Crippen molar-refractivity contribution in [2.45, 2.75) is 6.92 Å². The van der Waals surface area contributed by atoms with Crippen LogP contribution in [0.2, 0.25) is 5.02 Å². The van der Waals surface area contributed by atoms with Gasteiger partial charge in [0.05, 0.1) is 6.54 Å². The van der Waals surface area contributed by atoms with E-state index >= 15 is 0 Å². The van der Waals surface area contributed by atoms with Gasteiger partial charge in [-0.2, -0.15) is 0 Å². The normalized spacial score (nSPS) is 17.1. The second-order valence-electron chi connectivity index (χ2n) is 4.41. The van der Waals surface area contributed by atoms with E-state index in [1.54, 1.807) is 6.07 Å². The number of halogens is 1. The van der Waals surface area contributed by atoms with E-state index in [1.165, 1.54) is 0 Å². The number of benzene rings is 1. The van der Waals surface area contributed by atoms with Gasteiger partial charge < -0.3 is 5.32 Å². The van der Waals surface area contributed by atoms with Crippen molar-refractivity contribution in [3.63, 3.8) is 0 Å². The summed E-state index contributed by atoms with van der Waals surface area (Å²) >= 11 is 5.93. The van der Waals surface area contributed by atoms with Crippen molar-refractivity contribution in [2.75, 3.05) is 32.7 Å². The van der Waals surface area contributed by atoms with Gasteiger partial charge in [0.2, 0.25) is 0 Å². The Hall–Kier alpha value is -0.900. The minimum absolute atomic E-state index is 0.159. The summed E-state index contributed by atoms with van der Waals surface area (Å²) in [7, 11) is 0. The Morgan fingerprint density at radius 2 is 2.12 bits per heavy atom. The molecule has 2 rings (SSSR count). The van der Waals surface area contributed by atoms with E-state index in [0.29, 0.717) is 11.6 Å². The molecule has 4 heteroatoms. The van der Waals surface area contributed by atoms with E-state index in [4.69, 9.17) is 11.6 Å². The predicted molar refractivity (Wildman–Crippen MR) is 69.8 cm³/mol. The molecule has 1 N–H and O–H groups in total. The van der Waals surface area contributed by atoms with E-state index in [-0.39, 0.29) is 5.78 Å². The molecule has 0 atom stereocenters. The Morgan fingerprint density at radius 1 is 1.41 bits per heavy atom. The van der Waals surface area contributed by atoms with Crippen LogP contribution in [0.25, 0.3) is 0 Å². The Labute approximate surface area is 107 Å². The molecule has 0 amide bonds. The lowest BCUT2D eigenvalue weighted by Crippen LogP contribution is -2.45. The van der Waals surface area contributed by atoms with Gasteiger partial charge in [-0.05, 0) is 24.6 Å². The Bertz CT molecular complexity index is 414. The SMILES string of the molecule is Cc1ccc(Cl)cc1C(=O)CN1CCNCC1. The zero-order valence-electron chi connectivity index (χ0n) is 10.0. The topological polar surface area (TPSA) is 32.3 Å². The summed E-state index contributed by atoms with van der Waals surface area (Å²) in [6, 6.07) is 5.48. The van der Waals surface area contributed by atoms with Crippen LogP contribution in [-0.2, 0) is 0 Å². The molecule has 0 aromatic heterocycles. The van der Waals surface area contributed by atoms with Gasteiger partial charge in [0.15, 0.2) is 5.78 Å². The highest BCUT2D eigenvalue weighted by atomic mass is 35.5. The number of nitrogens with zero attached hydrogens (tertiary/aromatic N) is 1. The van der Waals surface area contributed by atoms with E-state index in [1.807, 2.05) is 19.1 Å². The number of nitrogens with one attached hydrogen (secondary N) is 1. The summed E-state index contributed by atoms with van der Waals surface area (Å²) in [5.41, 5.74) is 1.74. The standard InChI is InChI=1S/C13H17ClN2O/c1-10-2-3-11(14)8-12(10)13(17)9-16-6-4-15-5-7-16/h2-3,8,15H,4-7,9H2,1H3. The molecule has 0 saturated carbocycles. The van der Waals surface area contributed by atoms with Crippen molar-refractivity contribution in [1.29, 1.82) is 0 Å². The van der Waals surface area contributed by atoms with Gasteiger partial charge in [-0.15, -0.1) is 0 Å². The van der Waals surface area contributed by atoms with Crippen LogP contribution in [0.15, 0.2) is 18.2 Å². The highest BCUT2D eigenvalue weighted by Crippen LogP contribution is 2.16. The zero-order chi connectivity index (χ0) is 12.3. The van der Waals surface area contributed by atoms with Crippen LogP contribution >= 0.6 is 11.6 Å². The lowest BCUT2D eigenvalue weighted by atomic mass is 10.0. The van der Waals surface area contributed by atoms with E-state index in [2.05, 4.69) is 10.2 Å². The molecule has 1 aromatic rings. The van der Waals surface area contributed by atoms with E-state index in [0.717, 1.165) is 37.3 Å². The van der Waals surface area contributed by atoms with Gasteiger partial charge in [0.25, 0.3) is 0 Å². The molecule has 92 valence electrons. The van der Waals surface area contributed by atoms with Gasteiger partial charge in [0, 0.05) is 36.8 Å². The van der Waals surface area contributed by atoms with Gasteiger partial charge >= 0.3 is 0 Å². The first-order valence-corrected chi connectivity index (χ1v) is 6.27. The Morgan fingerprint density at radius 3 is 2.82 bits per heavy atom. The Balaban J connectivity index is 2.05. The van der Waals surface area contributed by atoms with Crippen LogP contribution in [0.1, 0.15) is 15.9 Å². The molecular formula is C13H17ClN2O. The third-order valence-electron chi connectivity index (χ3n) is 3.08. The molecule has 0 bridgehead atoms. The maximum atomic E-state index is 12.2. The maximum Gasteiger partial charge on any atom is 0.177 e. The average molecular weight is 253 g/mol. The van der Waals surface area contributed by atoms with Gasteiger partial charge in [-0.1, -0.05) is 17.7 Å². The van der Waals surface area contributed by atoms with Crippen LogP contribution < -0.4 is 5.32 Å². The summed E-state index contributed by atoms with van der Waals surface area (Å²) in [5.74, 6) is 0.159. The summed E-state index contributed by atoms with van der Waals surface area (Å²) in [6.45, 7) is 6.23. The van der Waals surface area contributed by atoms with Crippen molar-refractivity contribution in [3.05, 3.63) is 34.3 Å². The van der Waals surface area contributed by atoms with Crippen LogP contribution in [-0.4, -0.2) is 43.4 Å². The molecule has 0 aliphatic carbocycles. The first kappa shape index (κ1) is 12.6. The number of carbonyl (C=O) groups excluding carboxylic acids is 1. The summed E-state index contributed by atoms with van der Waals surface area (Å²) in [4.78, 5) is 14.3. The fourth-order valence-corrected chi connectivity index (χ4v) is 2.22. The number of Topliss-reactive ketones (excluding diaryl/α,β-unsaturated/α-hetero) is 1. The highest BCUT2D eigenvalue weighted by molar-refractivity contribution is 6.31. The van der Waals surface area contributed by atoms with Gasteiger partial charge in [-0.25, -0.2) is 0 Å². The first-order chi connectivity index (χ1) is 8.16. The molecule has 1 aromatic carbocycles. The van der Waals surface area contributed by atoms with Crippen LogP contribution in [0, 0.1) is 6.92 Å². The molecule has 17 heavy (non-hydrogen) atoms. The second kappa shape index (κ2) is 5.63. The second-order valence-corrected chi connectivity index (χ2v) is 4.85. The molecule has 1 fully saturated rings. The lowest BCUT2D eigenvalue weighted by Gasteiger charge is -2.26. The molecule has 1 saturated heterocycles. The van der Waals surface area contributed by atoms with Crippen molar-refractivity contribution >= 4 is 17.4 Å². The minimum atomic E-state index is 0.159. The number of hydrogen-bond acceptors (Lipinski definition) is 3. The fraction of sp³-hybridized carbons (Fsp3) is 0.462. The summed E-state index contributed by atoms with van der Waals surface area (Å²) in [5, 5.41) is 3.90. The van der Waals surface area contributed by atoms with Crippen molar-refractivity contribution in [1.82, 2.24) is 10.2 Å². The lowest BCUT2D eigenvalue weighted by molar-refractivity contribution is 0.0921. The molecule has 0 unspecified atom stereocenters.